The second kappa shape index (κ2) is 6.01. The first-order valence-corrected chi connectivity index (χ1v) is 6.76. The molecule has 0 aliphatic heterocycles. The lowest BCUT2D eigenvalue weighted by Gasteiger charge is -2.18. The quantitative estimate of drug-likeness (QED) is 0.858. The van der Waals surface area contributed by atoms with Gasteiger partial charge in [-0.25, -0.2) is 0 Å². The van der Waals surface area contributed by atoms with Gasteiger partial charge in [0, 0.05) is 13.6 Å². The fraction of sp³-hybridized carbons (Fsp3) is 0.533. The average molecular weight is 246 g/mol. The summed E-state index contributed by atoms with van der Waals surface area (Å²) in [7, 11) is 1.87. The number of aryl methyl sites for hydroxylation is 2. The highest BCUT2D eigenvalue weighted by Gasteiger charge is 2.13. The molecule has 0 saturated carbocycles. The predicted octanol–water partition coefficient (Wildman–Crippen LogP) is 1.74. The summed E-state index contributed by atoms with van der Waals surface area (Å²) in [5, 5.41) is 3.07. The fourth-order valence-corrected chi connectivity index (χ4v) is 2.45. The Kier molecular flexibility index (Phi) is 4.37. The Bertz CT molecular complexity index is 429. The van der Waals surface area contributed by atoms with Gasteiger partial charge in [-0.2, -0.15) is 0 Å². The first kappa shape index (κ1) is 13.1. The number of amides is 1. The lowest BCUT2D eigenvalue weighted by atomic mass is 10.1. The van der Waals surface area contributed by atoms with E-state index in [1.807, 2.05) is 14.0 Å². The first-order chi connectivity index (χ1) is 8.70. The van der Waals surface area contributed by atoms with Crippen LogP contribution in [0.3, 0.4) is 0 Å². The lowest BCUT2D eigenvalue weighted by molar-refractivity contribution is -0.129. The third-order valence-corrected chi connectivity index (χ3v) is 3.53. The molecular weight excluding hydrogens is 224 g/mol. The highest BCUT2D eigenvalue weighted by Crippen LogP contribution is 2.23. The largest absolute Gasteiger partial charge is 0.340 e. The number of carbonyl (C=O) groups is 1. The van der Waals surface area contributed by atoms with E-state index in [0.717, 1.165) is 6.54 Å². The Labute approximate surface area is 109 Å². The third kappa shape index (κ3) is 3.10. The number of hydrogen-bond donors (Lipinski definition) is 1. The van der Waals surface area contributed by atoms with Gasteiger partial charge in [0.25, 0.3) is 0 Å². The van der Waals surface area contributed by atoms with Crippen LogP contribution in [0.15, 0.2) is 18.2 Å². The van der Waals surface area contributed by atoms with Crippen LogP contribution in [0, 0.1) is 0 Å². The van der Waals surface area contributed by atoms with Gasteiger partial charge >= 0.3 is 0 Å². The zero-order valence-corrected chi connectivity index (χ0v) is 11.3. The molecule has 0 aromatic heterocycles. The van der Waals surface area contributed by atoms with Gasteiger partial charge in [-0.15, -0.1) is 0 Å². The van der Waals surface area contributed by atoms with Gasteiger partial charge < -0.3 is 10.2 Å². The van der Waals surface area contributed by atoms with Crippen LogP contribution in [-0.4, -0.2) is 30.9 Å². The Morgan fingerprint density at radius 2 is 2.11 bits per heavy atom. The van der Waals surface area contributed by atoms with Crippen LogP contribution in [-0.2, 0) is 24.2 Å². The van der Waals surface area contributed by atoms with Gasteiger partial charge in [0.2, 0.25) is 5.91 Å². The van der Waals surface area contributed by atoms with Crippen molar-refractivity contribution < 1.29 is 4.79 Å². The molecule has 98 valence electrons. The molecule has 0 radical (unpaired) electrons. The van der Waals surface area contributed by atoms with Crippen LogP contribution in [0.5, 0.6) is 0 Å². The van der Waals surface area contributed by atoms with Crippen LogP contribution in [0.4, 0.5) is 0 Å². The van der Waals surface area contributed by atoms with Crippen molar-refractivity contribution in [2.45, 2.75) is 32.7 Å². The van der Waals surface area contributed by atoms with E-state index >= 15 is 0 Å². The highest BCUT2D eigenvalue weighted by molar-refractivity contribution is 5.77. The van der Waals surface area contributed by atoms with Gasteiger partial charge in [-0.1, -0.05) is 25.1 Å². The van der Waals surface area contributed by atoms with Crippen LogP contribution in [0.1, 0.15) is 30.0 Å². The highest BCUT2D eigenvalue weighted by atomic mass is 16.2. The maximum absolute atomic E-state index is 11.8. The van der Waals surface area contributed by atoms with Crippen molar-refractivity contribution in [1.82, 2.24) is 10.2 Å². The van der Waals surface area contributed by atoms with Crippen molar-refractivity contribution in [3.8, 4) is 0 Å². The lowest BCUT2D eigenvalue weighted by Crippen LogP contribution is -2.35. The summed E-state index contributed by atoms with van der Waals surface area (Å²) in [6.07, 6.45) is 3.68. The molecule has 1 amide bonds. The maximum Gasteiger partial charge on any atom is 0.236 e. The van der Waals surface area contributed by atoms with Gasteiger partial charge in [-0.3, -0.25) is 4.79 Å². The molecule has 0 heterocycles. The van der Waals surface area contributed by atoms with Gasteiger partial charge in [0.05, 0.1) is 6.54 Å². The Balaban J connectivity index is 1.94. The Morgan fingerprint density at radius 3 is 2.89 bits per heavy atom. The van der Waals surface area contributed by atoms with E-state index in [4.69, 9.17) is 0 Å². The van der Waals surface area contributed by atoms with Crippen molar-refractivity contribution in [1.29, 1.82) is 0 Å². The molecular formula is C15H22N2O. The number of nitrogens with one attached hydrogen (secondary N) is 1. The SMILES string of the molecule is CCNCC(=O)N(C)Cc1ccc2c(c1)CCC2. The summed E-state index contributed by atoms with van der Waals surface area (Å²) in [6.45, 7) is 3.97. The van der Waals surface area contributed by atoms with Crippen molar-refractivity contribution in [2.24, 2.45) is 0 Å². The number of rotatable bonds is 5. The average Bonchev–Trinajstić information content (AvgIpc) is 2.83. The summed E-state index contributed by atoms with van der Waals surface area (Å²) in [6, 6.07) is 6.64. The van der Waals surface area contributed by atoms with Crippen LogP contribution >= 0.6 is 0 Å². The minimum Gasteiger partial charge on any atom is -0.340 e. The van der Waals surface area contributed by atoms with Crippen LogP contribution < -0.4 is 5.32 Å². The number of nitrogens with zero attached hydrogens (tertiary/aromatic N) is 1. The normalized spacial score (nSPS) is 13.4. The summed E-state index contributed by atoms with van der Waals surface area (Å²) < 4.78 is 0. The summed E-state index contributed by atoms with van der Waals surface area (Å²) in [5.74, 6) is 0.150. The molecule has 0 saturated heterocycles. The van der Waals surface area contributed by atoms with E-state index < -0.39 is 0 Å². The molecule has 1 aromatic rings. The number of benzene rings is 1. The molecule has 18 heavy (non-hydrogen) atoms. The van der Waals surface area contributed by atoms with Crippen molar-refractivity contribution in [3.63, 3.8) is 0 Å². The van der Waals surface area contributed by atoms with Crippen molar-refractivity contribution in [2.75, 3.05) is 20.1 Å². The standard InChI is InChI=1S/C15H22N2O/c1-3-16-10-15(18)17(2)11-12-7-8-13-5-4-6-14(13)9-12/h7-9,16H,3-6,10-11H2,1-2H3. The van der Waals surface area contributed by atoms with E-state index in [1.165, 1.54) is 36.0 Å². The molecule has 0 bridgehead atoms. The second-order valence-corrected chi connectivity index (χ2v) is 4.99. The molecule has 0 spiro atoms. The van der Waals surface area contributed by atoms with Crippen molar-refractivity contribution in [3.05, 3.63) is 34.9 Å². The number of carbonyl (C=O) groups excluding carboxylic acids is 1. The van der Waals surface area contributed by atoms with Crippen LogP contribution in [0.25, 0.3) is 0 Å². The monoisotopic (exact) mass is 246 g/mol. The Morgan fingerprint density at radius 1 is 1.33 bits per heavy atom. The number of fused-ring (bicyclic) bond motifs is 1. The van der Waals surface area contributed by atoms with Crippen molar-refractivity contribution >= 4 is 5.91 Å². The second-order valence-electron chi connectivity index (χ2n) is 4.99. The maximum atomic E-state index is 11.8. The Hall–Kier alpha value is -1.35. The molecule has 1 N–H and O–H groups in total. The summed E-state index contributed by atoms with van der Waals surface area (Å²) in [5.41, 5.74) is 4.20. The molecule has 0 atom stereocenters. The minimum absolute atomic E-state index is 0.150. The molecule has 3 heteroatoms. The molecule has 3 nitrogen and oxygen atoms in total. The van der Waals surface area contributed by atoms with Crippen LogP contribution in [0.2, 0.25) is 0 Å². The van der Waals surface area contributed by atoms with E-state index in [2.05, 4.69) is 23.5 Å². The zero-order chi connectivity index (χ0) is 13.0. The van der Waals surface area contributed by atoms with Gasteiger partial charge in [-0.05, 0) is 42.5 Å². The first-order valence-electron chi connectivity index (χ1n) is 6.76. The number of hydrogen-bond acceptors (Lipinski definition) is 2. The topological polar surface area (TPSA) is 32.3 Å². The fourth-order valence-electron chi connectivity index (χ4n) is 2.45. The van der Waals surface area contributed by atoms with Gasteiger partial charge in [0.1, 0.15) is 0 Å². The molecule has 0 unspecified atom stereocenters. The van der Waals surface area contributed by atoms with Gasteiger partial charge in [0.15, 0.2) is 0 Å². The summed E-state index contributed by atoms with van der Waals surface area (Å²) in [4.78, 5) is 13.6. The molecule has 1 aromatic carbocycles. The molecule has 2 rings (SSSR count). The molecule has 1 aliphatic rings. The smallest absolute Gasteiger partial charge is 0.236 e. The molecule has 0 fully saturated rings. The van der Waals surface area contributed by atoms with E-state index in [0.29, 0.717) is 13.1 Å². The number of likely N-dealkylation sites (N-methyl/N-ethyl adjacent to an activating group) is 2. The predicted molar refractivity (Wildman–Crippen MR) is 73.5 cm³/mol. The molecule has 1 aliphatic carbocycles. The van der Waals surface area contributed by atoms with E-state index in [1.54, 1.807) is 4.90 Å². The van der Waals surface area contributed by atoms with E-state index in [-0.39, 0.29) is 5.91 Å². The zero-order valence-electron chi connectivity index (χ0n) is 11.3. The van der Waals surface area contributed by atoms with E-state index in [9.17, 15) is 4.79 Å². The minimum atomic E-state index is 0.150. The summed E-state index contributed by atoms with van der Waals surface area (Å²) >= 11 is 0. The third-order valence-electron chi connectivity index (χ3n) is 3.53.